The van der Waals surface area contributed by atoms with E-state index >= 15 is 0 Å². The minimum atomic E-state index is -4.00. The van der Waals surface area contributed by atoms with E-state index in [9.17, 15) is 18.5 Å². The predicted molar refractivity (Wildman–Crippen MR) is 76.9 cm³/mol. The molecule has 9 heteroatoms. The van der Waals surface area contributed by atoms with Crippen LogP contribution in [0.3, 0.4) is 0 Å². The van der Waals surface area contributed by atoms with Crippen LogP contribution in [0.25, 0.3) is 0 Å². The molecule has 116 valence electrons. The third-order valence-corrected chi connectivity index (χ3v) is 5.22. The van der Waals surface area contributed by atoms with Crippen LogP contribution >= 0.6 is 11.6 Å². The number of sulfonamides is 1. The first-order chi connectivity index (χ1) is 9.71. The molecule has 2 rings (SSSR count). The largest absolute Gasteiger partial charge is 0.373 e. The van der Waals surface area contributed by atoms with Gasteiger partial charge in [0.1, 0.15) is 0 Å². The zero-order valence-electron chi connectivity index (χ0n) is 11.5. The molecule has 1 aromatic rings. The summed E-state index contributed by atoms with van der Waals surface area (Å²) in [5.41, 5.74) is -0.480. The maximum absolute atomic E-state index is 12.7. The number of benzene rings is 1. The fourth-order valence-corrected chi connectivity index (χ4v) is 4.32. The third-order valence-electron chi connectivity index (χ3n) is 3.12. The zero-order valence-corrected chi connectivity index (χ0v) is 13.1. The SMILES string of the molecule is C[C@H]1CN(S(=O)(=O)c2cc(Cl)ccc2[N+](=O)[O-])C[C@H](C)O1. The molecule has 2 atom stereocenters. The molecule has 21 heavy (non-hydrogen) atoms. The molecule has 0 spiro atoms. The molecule has 1 heterocycles. The number of hydrogen-bond acceptors (Lipinski definition) is 5. The van der Waals surface area contributed by atoms with E-state index in [1.54, 1.807) is 13.8 Å². The molecular formula is C12H15ClN2O5S. The number of hydrogen-bond donors (Lipinski definition) is 0. The Kier molecular flexibility index (Phi) is 4.52. The highest BCUT2D eigenvalue weighted by atomic mass is 35.5. The van der Waals surface area contributed by atoms with Crippen LogP contribution in [-0.4, -0.2) is 42.9 Å². The van der Waals surface area contributed by atoms with Gasteiger partial charge in [-0.2, -0.15) is 4.31 Å². The molecule has 1 saturated heterocycles. The van der Waals surface area contributed by atoms with E-state index in [0.717, 1.165) is 12.1 Å². The predicted octanol–water partition coefficient (Wildman–Crippen LogP) is 2.05. The van der Waals surface area contributed by atoms with E-state index in [-0.39, 0.29) is 35.2 Å². The fourth-order valence-electron chi connectivity index (χ4n) is 2.31. The van der Waals surface area contributed by atoms with Crippen LogP contribution in [-0.2, 0) is 14.8 Å². The van der Waals surface area contributed by atoms with Crippen molar-refractivity contribution in [2.45, 2.75) is 31.0 Å². The molecule has 1 aliphatic rings. The summed E-state index contributed by atoms with van der Waals surface area (Å²) in [6, 6.07) is 3.51. The van der Waals surface area contributed by atoms with Crippen molar-refractivity contribution in [2.75, 3.05) is 13.1 Å². The van der Waals surface area contributed by atoms with E-state index in [4.69, 9.17) is 16.3 Å². The van der Waals surface area contributed by atoms with Crippen molar-refractivity contribution in [2.24, 2.45) is 0 Å². The first-order valence-electron chi connectivity index (χ1n) is 6.31. The Morgan fingerprint density at radius 1 is 1.33 bits per heavy atom. The van der Waals surface area contributed by atoms with Crippen LogP contribution in [0.2, 0.25) is 5.02 Å². The van der Waals surface area contributed by atoms with E-state index in [1.165, 1.54) is 10.4 Å². The maximum atomic E-state index is 12.7. The lowest BCUT2D eigenvalue weighted by molar-refractivity contribution is -0.387. The average molecular weight is 335 g/mol. The van der Waals surface area contributed by atoms with E-state index < -0.39 is 20.6 Å². The van der Waals surface area contributed by atoms with Gasteiger partial charge in [0.05, 0.1) is 17.1 Å². The summed E-state index contributed by atoms with van der Waals surface area (Å²) in [6.45, 7) is 3.81. The molecule has 0 radical (unpaired) electrons. The zero-order chi connectivity index (χ0) is 15.8. The molecule has 0 unspecified atom stereocenters. The van der Waals surface area contributed by atoms with Gasteiger partial charge in [-0.1, -0.05) is 11.6 Å². The Balaban J connectivity index is 2.49. The van der Waals surface area contributed by atoms with Gasteiger partial charge in [0.15, 0.2) is 4.90 Å². The number of halogens is 1. The summed E-state index contributed by atoms with van der Waals surface area (Å²) in [5.74, 6) is 0. The van der Waals surface area contributed by atoms with Gasteiger partial charge < -0.3 is 4.74 Å². The normalized spacial score (nSPS) is 24.0. The van der Waals surface area contributed by atoms with Crippen molar-refractivity contribution in [3.05, 3.63) is 33.3 Å². The van der Waals surface area contributed by atoms with Crippen LogP contribution in [0.5, 0.6) is 0 Å². The summed E-state index contributed by atoms with van der Waals surface area (Å²) in [7, 11) is -4.00. The van der Waals surface area contributed by atoms with E-state index in [1.807, 2.05) is 0 Å². The second kappa shape index (κ2) is 5.88. The molecule has 1 aromatic carbocycles. The molecule has 1 aliphatic heterocycles. The van der Waals surface area contributed by atoms with E-state index in [0.29, 0.717) is 0 Å². The number of ether oxygens (including phenoxy) is 1. The highest BCUT2D eigenvalue weighted by Crippen LogP contribution is 2.30. The molecule has 0 aromatic heterocycles. The van der Waals surface area contributed by atoms with Crippen LogP contribution < -0.4 is 0 Å². The molecule has 1 fully saturated rings. The van der Waals surface area contributed by atoms with Crippen molar-refractivity contribution in [3.8, 4) is 0 Å². The van der Waals surface area contributed by atoms with Crippen molar-refractivity contribution >= 4 is 27.3 Å². The van der Waals surface area contributed by atoms with Gasteiger partial charge in [0, 0.05) is 24.2 Å². The van der Waals surface area contributed by atoms with Crippen LogP contribution in [0, 0.1) is 10.1 Å². The molecule has 0 amide bonds. The number of nitrogens with zero attached hydrogens (tertiary/aromatic N) is 2. The smallest absolute Gasteiger partial charge is 0.289 e. The van der Waals surface area contributed by atoms with Crippen LogP contribution in [0.1, 0.15) is 13.8 Å². The molecule has 7 nitrogen and oxygen atoms in total. The Hall–Kier alpha value is -1.22. The summed E-state index contributed by atoms with van der Waals surface area (Å²) in [4.78, 5) is 9.93. The van der Waals surface area contributed by atoms with E-state index in [2.05, 4.69) is 0 Å². The lowest BCUT2D eigenvalue weighted by Gasteiger charge is -2.34. The quantitative estimate of drug-likeness (QED) is 0.623. The van der Waals surface area contributed by atoms with Gasteiger partial charge in [0.2, 0.25) is 10.0 Å². The van der Waals surface area contributed by atoms with Crippen molar-refractivity contribution in [1.29, 1.82) is 0 Å². The first kappa shape index (κ1) is 16.2. The second-order valence-corrected chi connectivity index (χ2v) is 7.29. The highest BCUT2D eigenvalue weighted by Gasteiger charge is 2.36. The first-order valence-corrected chi connectivity index (χ1v) is 8.13. The molecular weight excluding hydrogens is 320 g/mol. The second-order valence-electron chi connectivity index (χ2n) is 4.95. The van der Waals surface area contributed by atoms with Crippen molar-refractivity contribution in [3.63, 3.8) is 0 Å². The lowest BCUT2D eigenvalue weighted by atomic mass is 10.3. The van der Waals surface area contributed by atoms with Gasteiger partial charge in [-0.25, -0.2) is 8.42 Å². The monoisotopic (exact) mass is 334 g/mol. The van der Waals surface area contributed by atoms with Gasteiger partial charge in [-0.05, 0) is 26.0 Å². The average Bonchev–Trinajstić information content (AvgIpc) is 2.37. The van der Waals surface area contributed by atoms with Crippen LogP contribution in [0.15, 0.2) is 23.1 Å². The summed E-state index contributed by atoms with van der Waals surface area (Å²) in [5, 5.41) is 11.2. The third kappa shape index (κ3) is 3.34. The Morgan fingerprint density at radius 3 is 2.43 bits per heavy atom. The number of nitro groups is 1. The Bertz CT molecular complexity index is 654. The Morgan fingerprint density at radius 2 is 1.90 bits per heavy atom. The topological polar surface area (TPSA) is 89.8 Å². The standard InChI is InChI=1S/C12H15ClN2O5S/c1-8-6-14(7-9(2)20-8)21(18,19)12-5-10(13)3-4-11(12)15(16)17/h3-5,8-9H,6-7H2,1-2H3/t8-,9-/m0/s1. The summed E-state index contributed by atoms with van der Waals surface area (Å²) < 4.78 is 32.0. The summed E-state index contributed by atoms with van der Waals surface area (Å²) >= 11 is 5.79. The number of nitro benzene ring substituents is 1. The highest BCUT2D eigenvalue weighted by molar-refractivity contribution is 7.89. The van der Waals surface area contributed by atoms with Gasteiger partial charge in [-0.15, -0.1) is 0 Å². The molecule has 0 aliphatic carbocycles. The van der Waals surface area contributed by atoms with Crippen LogP contribution in [0.4, 0.5) is 5.69 Å². The molecule has 0 bridgehead atoms. The maximum Gasteiger partial charge on any atom is 0.289 e. The van der Waals surface area contributed by atoms with Gasteiger partial charge in [0.25, 0.3) is 5.69 Å². The van der Waals surface area contributed by atoms with Gasteiger partial charge in [-0.3, -0.25) is 10.1 Å². The van der Waals surface area contributed by atoms with Crippen molar-refractivity contribution in [1.82, 2.24) is 4.31 Å². The number of rotatable bonds is 3. The molecule has 0 N–H and O–H groups in total. The number of morpholine rings is 1. The molecule has 0 saturated carbocycles. The minimum absolute atomic E-state index is 0.133. The minimum Gasteiger partial charge on any atom is -0.373 e. The lowest BCUT2D eigenvalue weighted by Crippen LogP contribution is -2.48. The van der Waals surface area contributed by atoms with Crippen molar-refractivity contribution < 1.29 is 18.1 Å². The van der Waals surface area contributed by atoms with Gasteiger partial charge >= 0.3 is 0 Å². The summed E-state index contributed by atoms with van der Waals surface area (Å²) in [6.07, 6.45) is -0.552. The fraction of sp³-hybridized carbons (Fsp3) is 0.500. The Labute approximate surface area is 127 Å².